The van der Waals surface area contributed by atoms with Crippen molar-refractivity contribution in [3.8, 4) is 0 Å². The van der Waals surface area contributed by atoms with Gasteiger partial charge in [-0.3, -0.25) is 0 Å². The quantitative estimate of drug-likeness (QED) is 0.800. The number of sulfonamides is 1. The van der Waals surface area contributed by atoms with Gasteiger partial charge in [0, 0.05) is 25.8 Å². The van der Waals surface area contributed by atoms with Gasteiger partial charge in [-0.1, -0.05) is 6.92 Å². The fraction of sp³-hybridized carbons (Fsp3) is 0.643. The number of aromatic nitrogens is 1. The molecule has 1 aliphatic carbocycles. The molecule has 0 aliphatic heterocycles. The minimum absolute atomic E-state index is 0.288. The third kappa shape index (κ3) is 3.49. The summed E-state index contributed by atoms with van der Waals surface area (Å²) < 4.78 is 27.3. The number of hydrogen-bond acceptors (Lipinski definition) is 4. The smallest absolute Gasteiger partial charge is 0.246 e. The molecule has 1 fully saturated rings. The third-order valence-electron chi connectivity index (χ3n) is 3.36. The highest BCUT2D eigenvalue weighted by atomic mass is 32.2. The molecule has 6 heteroatoms. The number of rotatable bonds is 8. The van der Waals surface area contributed by atoms with Crippen LogP contribution in [0.2, 0.25) is 0 Å². The molecule has 0 bridgehead atoms. The van der Waals surface area contributed by atoms with Gasteiger partial charge in [0.05, 0.1) is 0 Å². The molecule has 0 saturated heterocycles. The summed E-state index contributed by atoms with van der Waals surface area (Å²) in [5.74, 6) is 0.988. The van der Waals surface area contributed by atoms with Crippen molar-refractivity contribution >= 4 is 15.8 Å². The lowest BCUT2D eigenvalue weighted by atomic mass is 10.4. The van der Waals surface area contributed by atoms with Crippen LogP contribution in [-0.4, -0.2) is 37.3 Å². The van der Waals surface area contributed by atoms with Crippen molar-refractivity contribution in [3.63, 3.8) is 0 Å². The standard InChI is InChI=1S/C14H23N3O2S/c1-3-10-17(11-12-7-8-12)20(18,19)13-6-5-9-16-14(13)15-4-2/h5-6,9,12H,3-4,7-8,10-11H2,1-2H3,(H,15,16). The van der Waals surface area contributed by atoms with Crippen molar-refractivity contribution in [2.24, 2.45) is 5.92 Å². The molecular weight excluding hydrogens is 274 g/mol. The molecule has 1 aromatic rings. The maximum Gasteiger partial charge on any atom is 0.246 e. The fourth-order valence-corrected chi connectivity index (χ4v) is 3.91. The van der Waals surface area contributed by atoms with Gasteiger partial charge in [0.1, 0.15) is 10.7 Å². The molecule has 20 heavy (non-hydrogen) atoms. The van der Waals surface area contributed by atoms with E-state index in [-0.39, 0.29) is 4.90 Å². The van der Waals surface area contributed by atoms with Crippen molar-refractivity contribution in [3.05, 3.63) is 18.3 Å². The van der Waals surface area contributed by atoms with Crippen LogP contribution in [-0.2, 0) is 10.0 Å². The molecule has 0 amide bonds. The zero-order valence-electron chi connectivity index (χ0n) is 12.2. The highest BCUT2D eigenvalue weighted by molar-refractivity contribution is 7.89. The van der Waals surface area contributed by atoms with E-state index < -0.39 is 10.0 Å². The molecule has 2 rings (SSSR count). The first kappa shape index (κ1) is 15.3. The Morgan fingerprint density at radius 2 is 2.15 bits per heavy atom. The minimum atomic E-state index is -3.46. The Bertz CT molecular complexity index is 541. The van der Waals surface area contributed by atoms with Crippen molar-refractivity contribution in [1.82, 2.24) is 9.29 Å². The molecule has 1 heterocycles. The average Bonchev–Trinajstić information content (AvgIpc) is 3.23. The fourth-order valence-electron chi connectivity index (χ4n) is 2.19. The lowest BCUT2D eigenvalue weighted by Crippen LogP contribution is -2.34. The van der Waals surface area contributed by atoms with E-state index in [1.54, 1.807) is 22.6 Å². The van der Waals surface area contributed by atoms with Gasteiger partial charge in [0.15, 0.2) is 0 Å². The molecular formula is C14H23N3O2S. The van der Waals surface area contributed by atoms with Crippen LogP contribution in [0.5, 0.6) is 0 Å². The van der Waals surface area contributed by atoms with E-state index in [1.165, 1.54) is 0 Å². The van der Waals surface area contributed by atoms with Crippen LogP contribution in [0, 0.1) is 5.92 Å². The Kier molecular flexibility index (Phi) is 4.99. The van der Waals surface area contributed by atoms with Crippen molar-refractivity contribution in [1.29, 1.82) is 0 Å². The van der Waals surface area contributed by atoms with Crippen LogP contribution in [0.1, 0.15) is 33.1 Å². The lowest BCUT2D eigenvalue weighted by Gasteiger charge is -2.22. The molecule has 1 aliphatic rings. The summed E-state index contributed by atoms with van der Waals surface area (Å²) in [6, 6.07) is 3.31. The normalized spacial score (nSPS) is 15.6. The van der Waals surface area contributed by atoms with Gasteiger partial charge < -0.3 is 5.32 Å². The Morgan fingerprint density at radius 3 is 2.75 bits per heavy atom. The third-order valence-corrected chi connectivity index (χ3v) is 5.26. The van der Waals surface area contributed by atoms with Crippen LogP contribution < -0.4 is 5.32 Å². The Hall–Kier alpha value is -1.14. The summed E-state index contributed by atoms with van der Waals surface area (Å²) in [6.07, 6.45) is 4.72. The second kappa shape index (κ2) is 6.54. The van der Waals surface area contributed by atoms with E-state index in [2.05, 4.69) is 10.3 Å². The highest BCUT2D eigenvalue weighted by Gasteiger charge is 2.32. The zero-order chi connectivity index (χ0) is 14.6. The van der Waals surface area contributed by atoms with Gasteiger partial charge in [0.2, 0.25) is 10.0 Å². The first-order valence-electron chi connectivity index (χ1n) is 7.28. The second-order valence-corrected chi connectivity index (χ2v) is 7.09. The lowest BCUT2D eigenvalue weighted by molar-refractivity contribution is 0.395. The first-order valence-corrected chi connectivity index (χ1v) is 8.72. The predicted molar refractivity (Wildman–Crippen MR) is 80.2 cm³/mol. The van der Waals surface area contributed by atoms with Gasteiger partial charge in [-0.05, 0) is 44.2 Å². The van der Waals surface area contributed by atoms with Gasteiger partial charge in [0.25, 0.3) is 0 Å². The summed E-state index contributed by atoms with van der Waals surface area (Å²) in [6.45, 7) is 5.79. The van der Waals surface area contributed by atoms with Crippen LogP contribution in [0.25, 0.3) is 0 Å². The van der Waals surface area contributed by atoms with Gasteiger partial charge in [-0.25, -0.2) is 13.4 Å². The van der Waals surface area contributed by atoms with Crippen LogP contribution in [0.15, 0.2) is 23.2 Å². The Labute approximate surface area is 121 Å². The maximum atomic E-state index is 12.8. The predicted octanol–water partition coefficient (Wildman–Crippen LogP) is 2.32. The van der Waals surface area contributed by atoms with E-state index in [9.17, 15) is 8.42 Å². The molecule has 0 spiro atoms. The molecule has 1 N–H and O–H groups in total. The molecule has 5 nitrogen and oxygen atoms in total. The van der Waals surface area contributed by atoms with Crippen molar-refractivity contribution < 1.29 is 8.42 Å². The van der Waals surface area contributed by atoms with Gasteiger partial charge in [-0.2, -0.15) is 4.31 Å². The van der Waals surface area contributed by atoms with Crippen molar-refractivity contribution in [2.45, 2.75) is 38.0 Å². The Morgan fingerprint density at radius 1 is 1.40 bits per heavy atom. The monoisotopic (exact) mass is 297 g/mol. The van der Waals surface area contributed by atoms with Crippen LogP contribution >= 0.6 is 0 Å². The minimum Gasteiger partial charge on any atom is -0.369 e. The molecule has 112 valence electrons. The van der Waals surface area contributed by atoms with Crippen molar-refractivity contribution in [2.75, 3.05) is 25.0 Å². The van der Waals surface area contributed by atoms with Crippen LogP contribution in [0.4, 0.5) is 5.82 Å². The van der Waals surface area contributed by atoms with E-state index >= 15 is 0 Å². The van der Waals surface area contributed by atoms with E-state index in [0.29, 0.717) is 31.4 Å². The van der Waals surface area contributed by atoms with E-state index in [4.69, 9.17) is 0 Å². The zero-order valence-corrected chi connectivity index (χ0v) is 13.0. The number of pyridine rings is 1. The largest absolute Gasteiger partial charge is 0.369 e. The number of anilines is 1. The summed E-state index contributed by atoms with van der Waals surface area (Å²) >= 11 is 0. The second-order valence-electron chi connectivity index (χ2n) is 5.19. The van der Waals surface area contributed by atoms with E-state index in [1.807, 2.05) is 13.8 Å². The molecule has 0 radical (unpaired) electrons. The SMILES string of the molecule is CCCN(CC1CC1)S(=O)(=O)c1cccnc1NCC. The van der Waals surface area contributed by atoms with Crippen LogP contribution in [0.3, 0.4) is 0 Å². The Balaban J connectivity index is 2.30. The topological polar surface area (TPSA) is 62.3 Å². The number of nitrogens with zero attached hydrogens (tertiary/aromatic N) is 2. The van der Waals surface area contributed by atoms with Gasteiger partial charge >= 0.3 is 0 Å². The van der Waals surface area contributed by atoms with Gasteiger partial charge in [-0.15, -0.1) is 0 Å². The summed E-state index contributed by atoms with van der Waals surface area (Å²) in [5, 5.41) is 3.03. The highest BCUT2D eigenvalue weighted by Crippen LogP contribution is 2.32. The molecule has 0 unspecified atom stereocenters. The molecule has 1 aromatic heterocycles. The number of hydrogen-bond donors (Lipinski definition) is 1. The number of nitrogens with one attached hydrogen (secondary N) is 1. The molecule has 0 atom stereocenters. The first-order chi connectivity index (χ1) is 9.59. The molecule has 1 saturated carbocycles. The van der Waals surface area contributed by atoms with E-state index in [0.717, 1.165) is 19.3 Å². The summed E-state index contributed by atoms with van der Waals surface area (Å²) in [7, 11) is -3.46. The summed E-state index contributed by atoms with van der Waals surface area (Å²) in [4.78, 5) is 4.44. The summed E-state index contributed by atoms with van der Waals surface area (Å²) in [5.41, 5.74) is 0. The molecule has 0 aromatic carbocycles. The maximum absolute atomic E-state index is 12.8. The average molecular weight is 297 g/mol.